The van der Waals surface area contributed by atoms with Crippen LogP contribution in [-0.4, -0.2) is 5.78 Å². The molecule has 116 valence electrons. The maximum absolute atomic E-state index is 13.6. The Morgan fingerprint density at radius 3 is 1.86 bits per heavy atom. The van der Waals surface area contributed by atoms with Crippen molar-refractivity contribution in [1.82, 2.24) is 0 Å². The van der Waals surface area contributed by atoms with E-state index in [0.717, 1.165) is 0 Å². The Hall–Kier alpha value is -2.24. The summed E-state index contributed by atoms with van der Waals surface area (Å²) in [5.74, 6) is -10.0. The van der Waals surface area contributed by atoms with Crippen molar-refractivity contribution in [3.8, 4) is 0 Å². The van der Waals surface area contributed by atoms with Gasteiger partial charge in [0.1, 0.15) is 0 Å². The summed E-state index contributed by atoms with van der Waals surface area (Å²) in [7, 11) is 0. The molecular weight excluding hydrogens is 303 g/mol. The van der Waals surface area contributed by atoms with Gasteiger partial charge in [0.15, 0.2) is 29.1 Å². The molecule has 0 fully saturated rings. The van der Waals surface area contributed by atoms with Gasteiger partial charge in [0, 0.05) is 11.1 Å². The zero-order valence-corrected chi connectivity index (χ0v) is 11.5. The van der Waals surface area contributed by atoms with Crippen LogP contribution in [0.5, 0.6) is 0 Å². The van der Waals surface area contributed by atoms with Crippen LogP contribution in [-0.2, 0) is 12.8 Å². The molecule has 0 spiro atoms. The fourth-order valence-electron chi connectivity index (χ4n) is 2.21. The van der Waals surface area contributed by atoms with Gasteiger partial charge in [-0.1, -0.05) is 24.3 Å². The van der Waals surface area contributed by atoms with E-state index in [1.165, 1.54) is 13.0 Å². The van der Waals surface area contributed by atoms with Crippen LogP contribution in [0.4, 0.5) is 22.0 Å². The minimum Gasteiger partial charge on any atom is -0.295 e. The largest absolute Gasteiger partial charge is 0.295 e. The van der Waals surface area contributed by atoms with Crippen LogP contribution in [0, 0.1) is 29.1 Å². The van der Waals surface area contributed by atoms with Crippen molar-refractivity contribution >= 4 is 5.78 Å². The van der Waals surface area contributed by atoms with Gasteiger partial charge in [-0.25, -0.2) is 22.0 Å². The first kappa shape index (κ1) is 16.1. The second-order valence-electron chi connectivity index (χ2n) is 4.76. The molecule has 1 nitrogen and oxygen atoms in total. The van der Waals surface area contributed by atoms with Gasteiger partial charge in [-0.3, -0.25) is 4.79 Å². The number of carbonyl (C=O) groups is 1. The molecule has 22 heavy (non-hydrogen) atoms. The van der Waals surface area contributed by atoms with Gasteiger partial charge in [0.05, 0.1) is 0 Å². The highest BCUT2D eigenvalue weighted by molar-refractivity contribution is 5.95. The highest BCUT2D eigenvalue weighted by atomic mass is 19.2. The monoisotopic (exact) mass is 314 g/mol. The first-order chi connectivity index (χ1) is 10.3. The van der Waals surface area contributed by atoms with Crippen LogP contribution < -0.4 is 0 Å². The molecule has 0 atom stereocenters. The molecule has 2 rings (SSSR count). The molecule has 0 saturated carbocycles. The number of aryl methyl sites for hydroxylation is 1. The third-order valence-corrected chi connectivity index (χ3v) is 3.34. The van der Waals surface area contributed by atoms with E-state index in [2.05, 4.69) is 0 Å². The number of ketones is 1. The van der Waals surface area contributed by atoms with E-state index >= 15 is 0 Å². The zero-order chi connectivity index (χ0) is 16.4. The molecule has 0 amide bonds. The van der Waals surface area contributed by atoms with E-state index in [0.29, 0.717) is 11.1 Å². The van der Waals surface area contributed by atoms with Gasteiger partial charge in [0.2, 0.25) is 5.82 Å². The van der Waals surface area contributed by atoms with Crippen LogP contribution in [0.25, 0.3) is 0 Å². The van der Waals surface area contributed by atoms with E-state index < -0.39 is 41.1 Å². The maximum Gasteiger partial charge on any atom is 0.200 e. The lowest BCUT2D eigenvalue weighted by atomic mass is 9.97. The molecule has 6 heteroatoms. The number of benzene rings is 2. The summed E-state index contributed by atoms with van der Waals surface area (Å²) < 4.78 is 66.4. The summed E-state index contributed by atoms with van der Waals surface area (Å²) in [5.41, 5.74) is -0.0416. The standard InChI is InChI=1S/C16H11F5O/c1-8(22)10-5-3-2-4-9(10)6-7-11-12(17)14(19)16(21)15(20)13(11)18/h2-5H,6-7H2,1H3. The minimum absolute atomic E-state index is 0.0197. The van der Waals surface area contributed by atoms with Gasteiger partial charge >= 0.3 is 0 Å². The number of carbonyl (C=O) groups excluding carboxylic acids is 1. The molecular formula is C16H11F5O. The van der Waals surface area contributed by atoms with Gasteiger partial charge in [-0.2, -0.15) is 0 Å². The van der Waals surface area contributed by atoms with E-state index in [1.807, 2.05) is 0 Å². The first-order valence-electron chi connectivity index (χ1n) is 6.43. The zero-order valence-electron chi connectivity index (χ0n) is 11.5. The molecule has 0 N–H and O–H groups in total. The summed E-state index contributed by atoms with van der Waals surface area (Å²) in [6.07, 6.45) is -0.426. The summed E-state index contributed by atoms with van der Waals surface area (Å²) in [4.78, 5) is 11.4. The Morgan fingerprint density at radius 1 is 0.818 bits per heavy atom. The van der Waals surface area contributed by atoms with Crippen molar-refractivity contribution in [2.24, 2.45) is 0 Å². The molecule has 2 aromatic carbocycles. The van der Waals surface area contributed by atoms with Crippen molar-refractivity contribution < 1.29 is 26.7 Å². The second-order valence-corrected chi connectivity index (χ2v) is 4.76. The van der Waals surface area contributed by atoms with Crippen molar-refractivity contribution in [3.05, 3.63) is 70.0 Å². The van der Waals surface area contributed by atoms with Crippen molar-refractivity contribution in [2.45, 2.75) is 19.8 Å². The Kier molecular flexibility index (Phi) is 4.59. The van der Waals surface area contributed by atoms with Crippen LogP contribution in [0.15, 0.2) is 24.3 Å². The molecule has 0 aliphatic heterocycles. The molecule has 0 saturated heterocycles. The lowest BCUT2D eigenvalue weighted by Crippen LogP contribution is -2.09. The molecule has 0 aliphatic carbocycles. The molecule has 2 aromatic rings. The van der Waals surface area contributed by atoms with E-state index in [4.69, 9.17) is 0 Å². The molecule has 0 radical (unpaired) electrons. The SMILES string of the molecule is CC(=O)c1ccccc1CCc1c(F)c(F)c(F)c(F)c1F. The summed E-state index contributed by atoms with van der Waals surface area (Å²) in [5, 5.41) is 0. The average Bonchev–Trinajstić information content (AvgIpc) is 2.51. The number of hydrogen-bond donors (Lipinski definition) is 0. The third kappa shape index (κ3) is 2.86. The molecule has 0 aliphatic rings. The Balaban J connectivity index is 2.36. The van der Waals surface area contributed by atoms with E-state index in [1.54, 1.807) is 18.2 Å². The summed E-state index contributed by atoms with van der Waals surface area (Å²) in [6.45, 7) is 1.33. The fraction of sp³-hybridized carbons (Fsp3) is 0.188. The van der Waals surface area contributed by atoms with Crippen molar-refractivity contribution in [3.63, 3.8) is 0 Å². The van der Waals surface area contributed by atoms with Crippen molar-refractivity contribution in [2.75, 3.05) is 0 Å². The molecule has 0 aromatic heterocycles. The van der Waals surface area contributed by atoms with Gasteiger partial charge < -0.3 is 0 Å². The average molecular weight is 314 g/mol. The third-order valence-electron chi connectivity index (χ3n) is 3.34. The molecule has 0 bridgehead atoms. The quantitative estimate of drug-likeness (QED) is 0.354. The Bertz CT molecular complexity index is 711. The van der Waals surface area contributed by atoms with Gasteiger partial charge in [0.25, 0.3) is 0 Å². The summed E-state index contributed by atoms with van der Waals surface area (Å²) >= 11 is 0. The van der Waals surface area contributed by atoms with E-state index in [-0.39, 0.29) is 12.2 Å². The smallest absolute Gasteiger partial charge is 0.200 e. The number of Topliss-reactive ketones (excluding diaryl/α,β-unsaturated/α-hetero) is 1. The maximum atomic E-state index is 13.6. The van der Waals surface area contributed by atoms with Crippen molar-refractivity contribution in [1.29, 1.82) is 0 Å². The minimum atomic E-state index is -2.18. The van der Waals surface area contributed by atoms with Crippen LogP contribution in [0.2, 0.25) is 0 Å². The van der Waals surface area contributed by atoms with Crippen LogP contribution in [0.3, 0.4) is 0 Å². The summed E-state index contributed by atoms with van der Waals surface area (Å²) in [6, 6.07) is 6.36. The van der Waals surface area contributed by atoms with Gasteiger partial charge in [-0.05, 0) is 25.3 Å². The number of rotatable bonds is 4. The first-order valence-corrected chi connectivity index (χ1v) is 6.43. The second kappa shape index (κ2) is 6.25. The van der Waals surface area contributed by atoms with Crippen LogP contribution in [0.1, 0.15) is 28.4 Å². The Morgan fingerprint density at radius 2 is 1.32 bits per heavy atom. The molecule has 0 unspecified atom stereocenters. The fourth-order valence-corrected chi connectivity index (χ4v) is 2.21. The predicted octanol–water partition coefficient (Wildman–Crippen LogP) is 4.37. The lowest BCUT2D eigenvalue weighted by Gasteiger charge is -2.10. The highest BCUT2D eigenvalue weighted by Gasteiger charge is 2.25. The number of halogens is 5. The van der Waals surface area contributed by atoms with E-state index in [9.17, 15) is 26.7 Å². The lowest BCUT2D eigenvalue weighted by molar-refractivity contribution is 0.101. The normalized spacial score (nSPS) is 10.8. The van der Waals surface area contributed by atoms with Crippen LogP contribution >= 0.6 is 0 Å². The Labute approximate surface area is 123 Å². The van der Waals surface area contributed by atoms with Gasteiger partial charge in [-0.15, -0.1) is 0 Å². The highest BCUT2D eigenvalue weighted by Crippen LogP contribution is 2.24. The number of hydrogen-bond acceptors (Lipinski definition) is 1. The predicted molar refractivity (Wildman–Crippen MR) is 70.1 cm³/mol. The topological polar surface area (TPSA) is 17.1 Å². The molecule has 0 heterocycles.